The quantitative estimate of drug-likeness (QED) is 0.811. The van der Waals surface area contributed by atoms with Gasteiger partial charge in [-0.05, 0) is 64.6 Å². The van der Waals surface area contributed by atoms with Gasteiger partial charge in [-0.2, -0.15) is 0 Å². The van der Waals surface area contributed by atoms with Crippen LogP contribution in [0, 0.1) is 11.3 Å². The summed E-state index contributed by atoms with van der Waals surface area (Å²) in [6.45, 7) is 4.93. The number of nitrogens with one attached hydrogen (secondary N) is 1. The number of hydrogen-bond acceptors (Lipinski definition) is 3. The Balaban J connectivity index is 1.90. The number of amides is 1. The smallest absolute Gasteiger partial charge is 0.227 e. The Morgan fingerprint density at radius 3 is 2.37 bits per heavy atom. The molecule has 1 aliphatic carbocycles. The Bertz CT molecular complexity index is 303. The number of nitrogens with two attached hydrogens (primary N) is 1. The molecule has 1 saturated carbocycles. The summed E-state index contributed by atoms with van der Waals surface area (Å²) in [7, 11) is 2.14. The van der Waals surface area contributed by atoms with E-state index in [1.54, 1.807) is 0 Å². The molecule has 1 amide bonds. The van der Waals surface area contributed by atoms with Crippen molar-refractivity contribution < 1.29 is 4.79 Å². The van der Waals surface area contributed by atoms with Gasteiger partial charge in [0.25, 0.3) is 0 Å². The number of carbonyl (C=O) groups is 1. The van der Waals surface area contributed by atoms with E-state index in [4.69, 9.17) is 5.73 Å². The van der Waals surface area contributed by atoms with Gasteiger partial charge in [0.15, 0.2) is 0 Å². The Morgan fingerprint density at radius 2 is 1.84 bits per heavy atom. The summed E-state index contributed by atoms with van der Waals surface area (Å²) < 4.78 is 0. The van der Waals surface area contributed by atoms with Gasteiger partial charge in [-0.25, -0.2) is 0 Å². The topological polar surface area (TPSA) is 58.4 Å². The molecule has 0 aromatic carbocycles. The summed E-state index contributed by atoms with van der Waals surface area (Å²) in [5.41, 5.74) is 5.66. The molecule has 1 saturated heterocycles. The molecule has 2 fully saturated rings. The summed E-state index contributed by atoms with van der Waals surface area (Å²) in [6.07, 6.45) is 6.33. The second kappa shape index (κ2) is 6.23. The summed E-state index contributed by atoms with van der Waals surface area (Å²) in [5, 5.41) is 3.27. The molecule has 1 heterocycles. The number of carbonyl (C=O) groups excluding carboxylic acids is 1. The van der Waals surface area contributed by atoms with Gasteiger partial charge in [0.05, 0.1) is 5.41 Å². The highest BCUT2D eigenvalue weighted by Crippen LogP contribution is 2.38. The average molecular weight is 267 g/mol. The van der Waals surface area contributed by atoms with Crippen molar-refractivity contribution in [2.45, 2.75) is 51.5 Å². The van der Waals surface area contributed by atoms with Crippen molar-refractivity contribution in [1.82, 2.24) is 10.2 Å². The molecule has 0 bridgehead atoms. The highest BCUT2D eigenvalue weighted by molar-refractivity contribution is 5.83. The molecule has 19 heavy (non-hydrogen) atoms. The second-order valence-corrected chi connectivity index (χ2v) is 6.72. The van der Waals surface area contributed by atoms with Gasteiger partial charge in [0.2, 0.25) is 5.91 Å². The molecule has 4 heteroatoms. The van der Waals surface area contributed by atoms with Crippen LogP contribution in [0.4, 0.5) is 0 Å². The number of rotatable bonds is 3. The summed E-state index contributed by atoms with van der Waals surface area (Å²) >= 11 is 0. The molecule has 1 aliphatic heterocycles. The molecule has 110 valence electrons. The molecule has 0 unspecified atom stereocenters. The predicted octanol–water partition coefficient (Wildman–Crippen LogP) is 1.35. The van der Waals surface area contributed by atoms with Crippen LogP contribution in [-0.2, 0) is 4.79 Å². The van der Waals surface area contributed by atoms with Crippen LogP contribution in [0.1, 0.15) is 45.4 Å². The molecule has 4 nitrogen and oxygen atoms in total. The lowest BCUT2D eigenvalue weighted by Gasteiger charge is -2.39. The molecule has 0 aromatic rings. The number of hydrogen-bond donors (Lipinski definition) is 2. The van der Waals surface area contributed by atoms with Crippen LogP contribution in [0.25, 0.3) is 0 Å². The molecule has 2 rings (SSSR count). The SMILES string of the molecule is CC1CCC(CN)(C(=O)NC2CCN(C)CC2)CC1. The van der Waals surface area contributed by atoms with Gasteiger partial charge in [0, 0.05) is 12.6 Å². The van der Waals surface area contributed by atoms with Gasteiger partial charge in [-0.15, -0.1) is 0 Å². The van der Waals surface area contributed by atoms with E-state index < -0.39 is 0 Å². The first-order valence-corrected chi connectivity index (χ1v) is 7.75. The van der Waals surface area contributed by atoms with Gasteiger partial charge < -0.3 is 16.0 Å². The molecule has 0 radical (unpaired) electrons. The minimum Gasteiger partial charge on any atom is -0.353 e. The van der Waals surface area contributed by atoms with Gasteiger partial charge in [-0.1, -0.05) is 6.92 Å². The fraction of sp³-hybridized carbons (Fsp3) is 0.933. The van der Waals surface area contributed by atoms with Crippen molar-refractivity contribution in [2.75, 3.05) is 26.7 Å². The fourth-order valence-electron chi connectivity index (χ4n) is 3.33. The third kappa shape index (κ3) is 3.48. The molecule has 2 aliphatic rings. The normalized spacial score (nSPS) is 34.2. The lowest BCUT2D eigenvalue weighted by Crippen LogP contribution is -2.52. The summed E-state index contributed by atoms with van der Waals surface area (Å²) in [4.78, 5) is 14.9. The van der Waals surface area contributed by atoms with Crippen LogP contribution in [0.2, 0.25) is 0 Å². The maximum absolute atomic E-state index is 12.6. The molecule has 0 aromatic heterocycles. The average Bonchev–Trinajstić information content (AvgIpc) is 2.42. The number of piperidine rings is 1. The Morgan fingerprint density at radius 1 is 1.26 bits per heavy atom. The van der Waals surface area contributed by atoms with Crippen molar-refractivity contribution >= 4 is 5.91 Å². The molecular formula is C15H29N3O. The zero-order valence-electron chi connectivity index (χ0n) is 12.5. The van der Waals surface area contributed by atoms with Crippen LogP contribution >= 0.6 is 0 Å². The summed E-state index contributed by atoms with van der Waals surface area (Å²) in [5.74, 6) is 0.965. The maximum atomic E-state index is 12.6. The number of nitrogens with zero attached hydrogens (tertiary/aromatic N) is 1. The van der Waals surface area contributed by atoms with Crippen LogP contribution in [0.15, 0.2) is 0 Å². The van der Waals surface area contributed by atoms with E-state index in [-0.39, 0.29) is 11.3 Å². The van der Waals surface area contributed by atoms with E-state index in [2.05, 4.69) is 24.2 Å². The fourth-order valence-corrected chi connectivity index (χ4v) is 3.33. The summed E-state index contributed by atoms with van der Waals surface area (Å²) in [6, 6.07) is 0.353. The maximum Gasteiger partial charge on any atom is 0.227 e. The largest absolute Gasteiger partial charge is 0.353 e. The van der Waals surface area contributed by atoms with Crippen molar-refractivity contribution in [2.24, 2.45) is 17.1 Å². The monoisotopic (exact) mass is 267 g/mol. The second-order valence-electron chi connectivity index (χ2n) is 6.72. The van der Waals surface area contributed by atoms with Crippen LogP contribution in [0.3, 0.4) is 0 Å². The Hall–Kier alpha value is -0.610. The molecule has 0 spiro atoms. The van der Waals surface area contributed by atoms with E-state index >= 15 is 0 Å². The van der Waals surface area contributed by atoms with Crippen molar-refractivity contribution in [3.8, 4) is 0 Å². The van der Waals surface area contributed by atoms with Gasteiger partial charge >= 0.3 is 0 Å². The zero-order chi connectivity index (χ0) is 13.9. The van der Waals surface area contributed by atoms with E-state index in [0.717, 1.165) is 57.5 Å². The highest BCUT2D eigenvalue weighted by atomic mass is 16.2. The van der Waals surface area contributed by atoms with E-state index in [1.165, 1.54) is 0 Å². The first kappa shape index (κ1) is 14.8. The minimum atomic E-state index is -0.282. The van der Waals surface area contributed by atoms with Gasteiger partial charge in [0.1, 0.15) is 0 Å². The molecular weight excluding hydrogens is 238 g/mol. The lowest BCUT2D eigenvalue weighted by molar-refractivity contribution is -0.133. The highest BCUT2D eigenvalue weighted by Gasteiger charge is 2.40. The van der Waals surface area contributed by atoms with Crippen molar-refractivity contribution in [3.05, 3.63) is 0 Å². The first-order valence-electron chi connectivity index (χ1n) is 7.75. The zero-order valence-corrected chi connectivity index (χ0v) is 12.5. The van der Waals surface area contributed by atoms with Crippen molar-refractivity contribution in [3.63, 3.8) is 0 Å². The van der Waals surface area contributed by atoms with Crippen LogP contribution in [0.5, 0.6) is 0 Å². The Kier molecular flexibility index (Phi) is 4.85. The third-order valence-corrected chi connectivity index (χ3v) is 5.16. The third-order valence-electron chi connectivity index (χ3n) is 5.16. The lowest BCUT2D eigenvalue weighted by atomic mass is 9.70. The van der Waals surface area contributed by atoms with Crippen LogP contribution < -0.4 is 11.1 Å². The van der Waals surface area contributed by atoms with E-state index in [0.29, 0.717) is 12.6 Å². The van der Waals surface area contributed by atoms with Gasteiger partial charge in [-0.3, -0.25) is 4.79 Å². The first-order chi connectivity index (χ1) is 9.05. The number of likely N-dealkylation sites (tertiary alicyclic amines) is 1. The molecule has 3 N–H and O–H groups in total. The minimum absolute atomic E-state index is 0.219. The predicted molar refractivity (Wildman–Crippen MR) is 77.8 cm³/mol. The van der Waals surface area contributed by atoms with E-state index in [1.807, 2.05) is 0 Å². The van der Waals surface area contributed by atoms with E-state index in [9.17, 15) is 4.79 Å². The van der Waals surface area contributed by atoms with Crippen LogP contribution in [-0.4, -0.2) is 43.5 Å². The Labute approximate surface area is 117 Å². The molecule has 0 atom stereocenters. The standard InChI is InChI=1S/C15H29N3O/c1-12-3-7-15(11-16,8-4-12)14(19)17-13-5-9-18(2)10-6-13/h12-13H,3-11,16H2,1-2H3,(H,17,19). The van der Waals surface area contributed by atoms with Crippen molar-refractivity contribution in [1.29, 1.82) is 0 Å².